The lowest BCUT2D eigenvalue weighted by Crippen LogP contribution is -2.54. The highest BCUT2D eigenvalue weighted by atomic mass is 16.6. The van der Waals surface area contributed by atoms with E-state index >= 15 is 0 Å². The van der Waals surface area contributed by atoms with E-state index in [0.29, 0.717) is 0 Å². The van der Waals surface area contributed by atoms with Gasteiger partial charge in [0.1, 0.15) is 6.61 Å². The van der Waals surface area contributed by atoms with Gasteiger partial charge in [0.15, 0.2) is 5.60 Å². The predicted molar refractivity (Wildman–Crippen MR) is 81.3 cm³/mol. The van der Waals surface area contributed by atoms with E-state index in [0.717, 1.165) is 25.1 Å². The second kappa shape index (κ2) is 6.66. The Morgan fingerprint density at radius 1 is 1.50 bits per heavy atom. The second-order valence-corrected chi connectivity index (χ2v) is 6.51. The van der Waals surface area contributed by atoms with Crippen molar-refractivity contribution in [2.45, 2.75) is 51.0 Å². The lowest BCUT2D eigenvalue weighted by atomic mass is 9.85. The summed E-state index contributed by atoms with van der Waals surface area (Å²) in [5.74, 6) is -1.01. The third-order valence-electron chi connectivity index (χ3n) is 4.99. The maximum absolute atomic E-state index is 12.4. The molecule has 0 aromatic heterocycles. The molecule has 0 aromatic carbocycles. The number of aliphatic hydroxyl groups excluding tert-OH is 1. The summed E-state index contributed by atoms with van der Waals surface area (Å²) in [5.41, 5.74) is -0.767. The van der Waals surface area contributed by atoms with Crippen LogP contribution in [0.3, 0.4) is 0 Å². The lowest BCUT2D eigenvalue weighted by Gasteiger charge is -2.34. The van der Waals surface area contributed by atoms with E-state index in [9.17, 15) is 15.0 Å². The van der Waals surface area contributed by atoms with Gasteiger partial charge >= 0.3 is 5.97 Å². The van der Waals surface area contributed by atoms with Gasteiger partial charge in [0, 0.05) is 20.2 Å². The zero-order valence-corrected chi connectivity index (χ0v) is 13.8. The Hall–Kier alpha value is -0.950. The molecule has 0 aromatic rings. The first-order valence-electron chi connectivity index (χ1n) is 7.85. The molecule has 0 aliphatic carbocycles. The molecule has 0 spiro atoms. The quantitative estimate of drug-likeness (QED) is 0.543. The van der Waals surface area contributed by atoms with Crippen molar-refractivity contribution in [2.75, 3.05) is 26.8 Å². The molecular weight excluding hydrogens is 286 g/mol. The molecule has 1 fully saturated rings. The molecule has 2 aliphatic heterocycles. The van der Waals surface area contributed by atoms with Crippen LogP contribution in [-0.2, 0) is 14.3 Å². The van der Waals surface area contributed by atoms with Crippen LogP contribution in [0.2, 0.25) is 0 Å². The zero-order valence-electron chi connectivity index (χ0n) is 13.8. The molecule has 0 unspecified atom stereocenters. The number of carbonyl (C=O) groups is 1. The summed E-state index contributed by atoms with van der Waals surface area (Å²) < 4.78 is 10.5. The fourth-order valence-electron chi connectivity index (χ4n) is 3.34. The SMILES string of the molecule is CO[C@H](C)[C@@](O)(C(=O)OCC1=CCN2CC[C@H](O)[C@@H]12)C(C)C. The molecule has 2 aliphatic rings. The molecule has 0 saturated carbocycles. The summed E-state index contributed by atoms with van der Waals surface area (Å²) in [6, 6.07) is -0.0557. The average Bonchev–Trinajstić information content (AvgIpc) is 3.06. The smallest absolute Gasteiger partial charge is 0.341 e. The minimum Gasteiger partial charge on any atom is -0.459 e. The Labute approximate surface area is 131 Å². The molecule has 2 N–H and O–H groups in total. The van der Waals surface area contributed by atoms with Crippen LogP contribution in [0.4, 0.5) is 0 Å². The highest BCUT2D eigenvalue weighted by Crippen LogP contribution is 2.30. The summed E-state index contributed by atoms with van der Waals surface area (Å²) in [6.45, 7) is 6.90. The standard InChI is InChI=1S/C16H27NO5/c1-10(2)16(20,11(3)21-4)15(19)22-9-12-5-7-17-8-6-13(18)14(12)17/h5,10-11,13-14,18,20H,6-9H2,1-4H3/t11-,13+,14-,16-/m1/s1. The van der Waals surface area contributed by atoms with Crippen molar-refractivity contribution >= 4 is 5.97 Å². The van der Waals surface area contributed by atoms with Gasteiger partial charge in [-0.1, -0.05) is 19.9 Å². The van der Waals surface area contributed by atoms with Crippen LogP contribution in [0.15, 0.2) is 11.6 Å². The maximum atomic E-state index is 12.4. The van der Waals surface area contributed by atoms with Crippen molar-refractivity contribution in [2.24, 2.45) is 5.92 Å². The fourth-order valence-corrected chi connectivity index (χ4v) is 3.34. The van der Waals surface area contributed by atoms with Gasteiger partial charge < -0.3 is 19.7 Å². The van der Waals surface area contributed by atoms with Crippen molar-refractivity contribution in [3.05, 3.63) is 11.6 Å². The lowest BCUT2D eigenvalue weighted by molar-refractivity contribution is -0.186. The summed E-state index contributed by atoms with van der Waals surface area (Å²) in [6.07, 6.45) is 1.67. The molecule has 4 atom stereocenters. The monoisotopic (exact) mass is 313 g/mol. The molecule has 0 bridgehead atoms. The van der Waals surface area contributed by atoms with E-state index in [-0.39, 0.29) is 18.6 Å². The van der Waals surface area contributed by atoms with Gasteiger partial charge in [-0.15, -0.1) is 0 Å². The highest BCUT2D eigenvalue weighted by Gasteiger charge is 2.47. The first-order valence-corrected chi connectivity index (χ1v) is 7.85. The Bertz CT molecular complexity index is 450. The molecule has 0 amide bonds. The molecular formula is C16H27NO5. The van der Waals surface area contributed by atoms with Crippen molar-refractivity contribution in [3.63, 3.8) is 0 Å². The van der Waals surface area contributed by atoms with E-state index in [1.165, 1.54) is 7.11 Å². The molecule has 6 heteroatoms. The van der Waals surface area contributed by atoms with Crippen LogP contribution >= 0.6 is 0 Å². The van der Waals surface area contributed by atoms with Crippen LogP contribution < -0.4 is 0 Å². The van der Waals surface area contributed by atoms with Crippen LogP contribution in [-0.4, -0.2) is 71.7 Å². The van der Waals surface area contributed by atoms with Gasteiger partial charge in [-0.2, -0.15) is 0 Å². The Balaban J connectivity index is 2.00. The number of carbonyl (C=O) groups excluding carboxylic acids is 1. The predicted octanol–water partition coefficient (Wildman–Crippen LogP) is 0.327. The van der Waals surface area contributed by atoms with Gasteiger partial charge in [0.05, 0.1) is 18.2 Å². The maximum Gasteiger partial charge on any atom is 0.341 e. The van der Waals surface area contributed by atoms with Crippen molar-refractivity contribution in [1.82, 2.24) is 4.90 Å². The van der Waals surface area contributed by atoms with Gasteiger partial charge in [0.25, 0.3) is 0 Å². The molecule has 126 valence electrons. The second-order valence-electron chi connectivity index (χ2n) is 6.51. The highest BCUT2D eigenvalue weighted by molar-refractivity contribution is 5.80. The van der Waals surface area contributed by atoms with E-state index < -0.39 is 23.8 Å². The Morgan fingerprint density at radius 2 is 2.18 bits per heavy atom. The first kappa shape index (κ1) is 17.4. The minimum atomic E-state index is -1.68. The number of ether oxygens (including phenoxy) is 2. The van der Waals surface area contributed by atoms with E-state index in [1.807, 2.05) is 6.08 Å². The first-order chi connectivity index (χ1) is 10.3. The van der Waals surface area contributed by atoms with Crippen LogP contribution in [0.25, 0.3) is 0 Å². The molecule has 1 saturated heterocycles. The van der Waals surface area contributed by atoms with E-state index in [4.69, 9.17) is 9.47 Å². The van der Waals surface area contributed by atoms with Crippen molar-refractivity contribution < 1.29 is 24.5 Å². The van der Waals surface area contributed by atoms with E-state index in [2.05, 4.69) is 4.90 Å². The summed E-state index contributed by atoms with van der Waals surface area (Å²) in [5, 5.41) is 20.7. The number of fused-ring (bicyclic) bond motifs is 1. The third-order valence-corrected chi connectivity index (χ3v) is 4.99. The number of nitrogens with zero attached hydrogens (tertiary/aromatic N) is 1. The van der Waals surface area contributed by atoms with Gasteiger partial charge in [-0.05, 0) is 24.8 Å². The number of esters is 1. The number of hydrogen-bond acceptors (Lipinski definition) is 6. The third kappa shape index (κ3) is 2.93. The normalized spacial score (nSPS) is 29.1. The zero-order chi connectivity index (χ0) is 16.5. The van der Waals surface area contributed by atoms with Crippen LogP contribution in [0.1, 0.15) is 27.2 Å². The molecule has 0 radical (unpaired) electrons. The van der Waals surface area contributed by atoms with Gasteiger partial charge in [-0.3, -0.25) is 4.90 Å². The number of hydrogen-bond donors (Lipinski definition) is 2. The summed E-state index contributed by atoms with van der Waals surface area (Å²) in [7, 11) is 1.46. The van der Waals surface area contributed by atoms with Crippen LogP contribution in [0, 0.1) is 5.92 Å². The number of methoxy groups -OCH3 is 1. The van der Waals surface area contributed by atoms with Crippen LogP contribution in [0.5, 0.6) is 0 Å². The van der Waals surface area contributed by atoms with Gasteiger partial charge in [0.2, 0.25) is 0 Å². The van der Waals surface area contributed by atoms with Gasteiger partial charge in [-0.25, -0.2) is 4.79 Å². The average molecular weight is 313 g/mol. The topological polar surface area (TPSA) is 79.2 Å². The molecule has 6 nitrogen and oxygen atoms in total. The molecule has 2 heterocycles. The number of aliphatic hydroxyl groups is 2. The Morgan fingerprint density at radius 3 is 2.77 bits per heavy atom. The molecule has 22 heavy (non-hydrogen) atoms. The Kier molecular flexibility index (Phi) is 5.27. The largest absolute Gasteiger partial charge is 0.459 e. The number of rotatable bonds is 6. The molecule has 2 rings (SSSR count). The summed E-state index contributed by atoms with van der Waals surface area (Å²) in [4.78, 5) is 14.5. The van der Waals surface area contributed by atoms with Crippen molar-refractivity contribution in [3.8, 4) is 0 Å². The fraction of sp³-hybridized carbons (Fsp3) is 0.812. The van der Waals surface area contributed by atoms with E-state index in [1.54, 1.807) is 20.8 Å². The minimum absolute atomic E-state index is 0.0557. The van der Waals surface area contributed by atoms with Crippen molar-refractivity contribution in [1.29, 1.82) is 0 Å². The summed E-state index contributed by atoms with van der Waals surface area (Å²) >= 11 is 0.